The van der Waals surface area contributed by atoms with Gasteiger partial charge < -0.3 is 15.8 Å². The van der Waals surface area contributed by atoms with E-state index in [9.17, 15) is 14.9 Å². The Labute approximate surface area is 120 Å². The van der Waals surface area contributed by atoms with Gasteiger partial charge in [-0.25, -0.2) is 0 Å². The first-order chi connectivity index (χ1) is 9.96. The molecular formula is C13H14N4O4. The summed E-state index contributed by atoms with van der Waals surface area (Å²) in [6, 6.07) is 5.50. The van der Waals surface area contributed by atoms with E-state index >= 15 is 0 Å². The standard InChI is InChI=1S/C13H14N4O4/c14-8-9-7-10(17(19)20)1-2-11(9)16-12(18)13(15)3-5-21-6-4-13/h1-2,7H,3-6,15H2,(H,16,18). The maximum Gasteiger partial charge on any atom is 0.270 e. The second-order valence-corrected chi connectivity index (χ2v) is 4.82. The van der Waals surface area contributed by atoms with E-state index in [1.165, 1.54) is 12.1 Å². The Hall–Kier alpha value is -2.50. The molecule has 1 saturated heterocycles. The maximum atomic E-state index is 12.2. The number of amides is 1. The highest BCUT2D eigenvalue weighted by molar-refractivity contribution is 5.99. The molecule has 1 heterocycles. The van der Waals surface area contributed by atoms with Crippen LogP contribution in [0.15, 0.2) is 18.2 Å². The van der Waals surface area contributed by atoms with Crippen molar-refractivity contribution in [1.29, 1.82) is 5.26 Å². The van der Waals surface area contributed by atoms with Crippen LogP contribution in [0.25, 0.3) is 0 Å². The fourth-order valence-electron chi connectivity index (χ4n) is 2.06. The van der Waals surface area contributed by atoms with Gasteiger partial charge in [-0.3, -0.25) is 14.9 Å². The molecule has 110 valence electrons. The molecule has 2 rings (SSSR count). The fraction of sp³-hybridized carbons (Fsp3) is 0.385. The average molecular weight is 290 g/mol. The molecule has 1 aromatic rings. The normalized spacial score (nSPS) is 16.8. The van der Waals surface area contributed by atoms with Gasteiger partial charge in [0.05, 0.1) is 16.2 Å². The maximum absolute atomic E-state index is 12.2. The molecule has 8 heteroatoms. The summed E-state index contributed by atoms with van der Waals surface area (Å²) in [5.41, 5.74) is 5.01. The van der Waals surface area contributed by atoms with Crippen molar-refractivity contribution >= 4 is 17.3 Å². The van der Waals surface area contributed by atoms with E-state index in [4.69, 9.17) is 15.7 Å². The number of carbonyl (C=O) groups is 1. The third-order valence-corrected chi connectivity index (χ3v) is 3.42. The molecule has 8 nitrogen and oxygen atoms in total. The van der Waals surface area contributed by atoms with Gasteiger partial charge in [0.1, 0.15) is 11.6 Å². The number of nitriles is 1. The number of benzene rings is 1. The van der Waals surface area contributed by atoms with E-state index in [0.29, 0.717) is 26.1 Å². The van der Waals surface area contributed by atoms with E-state index in [1.54, 1.807) is 0 Å². The highest BCUT2D eigenvalue weighted by Crippen LogP contribution is 2.24. The minimum atomic E-state index is -1.05. The van der Waals surface area contributed by atoms with Gasteiger partial charge in [0.25, 0.3) is 5.69 Å². The van der Waals surface area contributed by atoms with Crippen LogP contribution in [0.2, 0.25) is 0 Å². The van der Waals surface area contributed by atoms with Crippen molar-refractivity contribution in [3.05, 3.63) is 33.9 Å². The zero-order chi connectivity index (χ0) is 15.5. The highest BCUT2D eigenvalue weighted by Gasteiger charge is 2.36. The minimum Gasteiger partial charge on any atom is -0.381 e. The molecule has 0 spiro atoms. The van der Waals surface area contributed by atoms with Crippen LogP contribution in [0.4, 0.5) is 11.4 Å². The molecule has 1 aliphatic heterocycles. The zero-order valence-corrected chi connectivity index (χ0v) is 11.2. The van der Waals surface area contributed by atoms with Crippen molar-refractivity contribution in [2.45, 2.75) is 18.4 Å². The van der Waals surface area contributed by atoms with Crippen LogP contribution in [0, 0.1) is 21.4 Å². The number of nitrogens with one attached hydrogen (secondary N) is 1. The van der Waals surface area contributed by atoms with Crippen molar-refractivity contribution in [1.82, 2.24) is 0 Å². The van der Waals surface area contributed by atoms with E-state index in [0.717, 1.165) is 6.07 Å². The Morgan fingerprint density at radius 3 is 2.71 bits per heavy atom. The van der Waals surface area contributed by atoms with Crippen molar-refractivity contribution in [2.75, 3.05) is 18.5 Å². The number of hydrogen-bond acceptors (Lipinski definition) is 6. The topological polar surface area (TPSA) is 131 Å². The first-order valence-electron chi connectivity index (χ1n) is 6.33. The van der Waals surface area contributed by atoms with E-state index < -0.39 is 16.4 Å². The van der Waals surface area contributed by atoms with Gasteiger partial charge in [-0.2, -0.15) is 5.26 Å². The Bertz CT molecular complexity index is 617. The number of rotatable bonds is 3. The SMILES string of the molecule is N#Cc1cc([N+](=O)[O-])ccc1NC(=O)C1(N)CCOCC1. The third kappa shape index (κ3) is 3.16. The Balaban J connectivity index is 2.21. The van der Waals surface area contributed by atoms with Gasteiger partial charge in [0.2, 0.25) is 5.91 Å². The summed E-state index contributed by atoms with van der Waals surface area (Å²) >= 11 is 0. The molecule has 3 N–H and O–H groups in total. The fourth-order valence-corrected chi connectivity index (χ4v) is 2.06. The van der Waals surface area contributed by atoms with Crippen LogP contribution >= 0.6 is 0 Å². The summed E-state index contributed by atoms with van der Waals surface area (Å²) in [7, 11) is 0. The lowest BCUT2D eigenvalue weighted by Crippen LogP contribution is -2.54. The van der Waals surface area contributed by atoms with Crippen LogP contribution in [0.5, 0.6) is 0 Å². The number of nitrogens with two attached hydrogens (primary N) is 1. The molecule has 0 radical (unpaired) electrons. The quantitative estimate of drug-likeness (QED) is 0.628. The van der Waals surface area contributed by atoms with Crippen LogP contribution in [0.1, 0.15) is 18.4 Å². The van der Waals surface area contributed by atoms with E-state index in [1.807, 2.05) is 6.07 Å². The molecular weight excluding hydrogens is 276 g/mol. The predicted molar refractivity (Wildman–Crippen MR) is 73.4 cm³/mol. The minimum absolute atomic E-state index is 0.0215. The largest absolute Gasteiger partial charge is 0.381 e. The average Bonchev–Trinajstić information content (AvgIpc) is 2.48. The number of nitrogens with zero attached hydrogens (tertiary/aromatic N) is 2. The summed E-state index contributed by atoms with van der Waals surface area (Å²) in [5, 5.41) is 22.3. The van der Waals surface area contributed by atoms with E-state index in [2.05, 4.69) is 5.32 Å². The Morgan fingerprint density at radius 1 is 1.48 bits per heavy atom. The van der Waals surface area contributed by atoms with Crippen molar-refractivity contribution < 1.29 is 14.5 Å². The van der Waals surface area contributed by atoms with Crippen LogP contribution in [-0.4, -0.2) is 29.6 Å². The van der Waals surface area contributed by atoms with Gasteiger partial charge in [0, 0.05) is 25.3 Å². The lowest BCUT2D eigenvalue weighted by molar-refractivity contribution is -0.384. The number of ether oxygens (including phenoxy) is 1. The Kier molecular flexibility index (Phi) is 4.16. The number of non-ortho nitro benzene ring substituents is 1. The number of carbonyl (C=O) groups excluding carboxylic acids is 1. The molecule has 0 unspecified atom stereocenters. The van der Waals surface area contributed by atoms with E-state index in [-0.39, 0.29) is 16.9 Å². The summed E-state index contributed by atoms with van der Waals surface area (Å²) in [5.74, 6) is -0.420. The second-order valence-electron chi connectivity index (χ2n) is 4.82. The summed E-state index contributed by atoms with van der Waals surface area (Å²) in [6.07, 6.45) is 0.765. The zero-order valence-electron chi connectivity index (χ0n) is 11.2. The summed E-state index contributed by atoms with van der Waals surface area (Å²) in [6.45, 7) is 0.796. The highest BCUT2D eigenvalue weighted by atomic mass is 16.6. The molecule has 1 aromatic carbocycles. The van der Waals surface area contributed by atoms with Gasteiger partial charge in [-0.05, 0) is 18.9 Å². The molecule has 0 atom stereocenters. The van der Waals surface area contributed by atoms with Crippen LogP contribution in [-0.2, 0) is 9.53 Å². The van der Waals surface area contributed by atoms with Crippen LogP contribution < -0.4 is 11.1 Å². The Morgan fingerprint density at radius 2 is 2.14 bits per heavy atom. The van der Waals surface area contributed by atoms with Crippen molar-refractivity contribution in [2.24, 2.45) is 5.73 Å². The molecule has 21 heavy (non-hydrogen) atoms. The first-order valence-corrected chi connectivity index (χ1v) is 6.33. The van der Waals surface area contributed by atoms with Gasteiger partial charge in [0.15, 0.2) is 0 Å². The number of nitro groups is 1. The first kappa shape index (κ1) is 14.9. The lowest BCUT2D eigenvalue weighted by Gasteiger charge is -2.31. The molecule has 1 fully saturated rings. The van der Waals surface area contributed by atoms with Gasteiger partial charge in [-0.1, -0.05) is 0 Å². The number of nitro benzene ring substituents is 1. The smallest absolute Gasteiger partial charge is 0.270 e. The van der Waals surface area contributed by atoms with Gasteiger partial charge in [-0.15, -0.1) is 0 Å². The lowest BCUT2D eigenvalue weighted by atomic mass is 9.90. The molecule has 1 amide bonds. The van der Waals surface area contributed by atoms with Gasteiger partial charge >= 0.3 is 0 Å². The summed E-state index contributed by atoms with van der Waals surface area (Å²) in [4.78, 5) is 22.3. The number of hydrogen-bond donors (Lipinski definition) is 2. The van der Waals surface area contributed by atoms with Crippen molar-refractivity contribution in [3.63, 3.8) is 0 Å². The predicted octanol–water partition coefficient (Wildman–Crippen LogP) is 0.913. The molecule has 0 aliphatic carbocycles. The molecule has 1 aliphatic rings. The van der Waals surface area contributed by atoms with Crippen molar-refractivity contribution in [3.8, 4) is 6.07 Å². The summed E-state index contributed by atoms with van der Waals surface area (Å²) < 4.78 is 5.16. The molecule has 0 saturated carbocycles. The third-order valence-electron chi connectivity index (χ3n) is 3.42. The number of anilines is 1. The van der Waals surface area contributed by atoms with Crippen LogP contribution in [0.3, 0.4) is 0 Å². The molecule has 0 bridgehead atoms. The monoisotopic (exact) mass is 290 g/mol. The molecule has 0 aromatic heterocycles. The second kappa shape index (κ2) is 5.87.